The predicted octanol–water partition coefficient (Wildman–Crippen LogP) is 1.96. The number of hydrogen-bond acceptors (Lipinski definition) is 2. The molecule has 54 valence electrons. The highest BCUT2D eigenvalue weighted by atomic mass is 16.7. The Kier molecular flexibility index (Phi) is 1.81. The Morgan fingerprint density at radius 2 is 2.30 bits per heavy atom. The SMILES string of the molecule is C=CC1=C(C(=C)C)OCO1. The van der Waals surface area contributed by atoms with Gasteiger partial charge in [-0.1, -0.05) is 13.2 Å². The molecule has 0 spiro atoms. The summed E-state index contributed by atoms with van der Waals surface area (Å²) >= 11 is 0. The van der Waals surface area contributed by atoms with Gasteiger partial charge < -0.3 is 9.47 Å². The molecule has 1 heterocycles. The highest BCUT2D eigenvalue weighted by Gasteiger charge is 2.14. The van der Waals surface area contributed by atoms with Crippen LogP contribution in [0.1, 0.15) is 6.92 Å². The third-order valence-corrected chi connectivity index (χ3v) is 1.21. The van der Waals surface area contributed by atoms with Crippen molar-refractivity contribution in [3.05, 3.63) is 36.3 Å². The van der Waals surface area contributed by atoms with Gasteiger partial charge in [0.05, 0.1) is 0 Å². The third-order valence-electron chi connectivity index (χ3n) is 1.21. The molecular formula is C8H10O2. The normalized spacial score (nSPS) is 16.1. The Morgan fingerprint density at radius 1 is 1.60 bits per heavy atom. The molecule has 1 aliphatic rings. The summed E-state index contributed by atoms with van der Waals surface area (Å²) in [4.78, 5) is 0. The first-order valence-corrected chi connectivity index (χ1v) is 3.04. The van der Waals surface area contributed by atoms with E-state index in [0.717, 1.165) is 11.3 Å². The van der Waals surface area contributed by atoms with Crippen LogP contribution in [0.4, 0.5) is 0 Å². The number of allylic oxidation sites excluding steroid dienone is 2. The molecular weight excluding hydrogens is 128 g/mol. The lowest BCUT2D eigenvalue weighted by Crippen LogP contribution is -1.85. The molecule has 0 saturated carbocycles. The Balaban J connectivity index is 2.88. The maximum absolute atomic E-state index is 5.10. The summed E-state index contributed by atoms with van der Waals surface area (Å²) in [6.07, 6.45) is 1.62. The summed E-state index contributed by atoms with van der Waals surface area (Å²) in [5.74, 6) is 1.41. The minimum atomic E-state index is 0.281. The minimum Gasteiger partial charge on any atom is -0.454 e. The van der Waals surface area contributed by atoms with Crippen molar-refractivity contribution in [1.82, 2.24) is 0 Å². The highest BCUT2D eigenvalue weighted by Crippen LogP contribution is 2.22. The molecule has 0 atom stereocenters. The molecule has 2 nitrogen and oxygen atoms in total. The second-order valence-corrected chi connectivity index (χ2v) is 2.08. The van der Waals surface area contributed by atoms with E-state index in [4.69, 9.17) is 9.47 Å². The number of rotatable bonds is 2. The molecule has 0 N–H and O–H groups in total. The van der Waals surface area contributed by atoms with Crippen LogP contribution >= 0.6 is 0 Å². The molecule has 0 aromatic heterocycles. The maximum Gasteiger partial charge on any atom is 0.231 e. The summed E-state index contributed by atoms with van der Waals surface area (Å²) in [7, 11) is 0. The first kappa shape index (κ1) is 6.93. The molecule has 0 radical (unpaired) electrons. The average molecular weight is 138 g/mol. The fraction of sp³-hybridized carbons (Fsp3) is 0.250. The Labute approximate surface area is 60.4 Å². The molecule has 10 heavy (non-hydrogen) atoms. The van der Waals surface area contributed by atoms with E-state index in [-0.39, 0.29) is 6.79 Å². The zero-order valence-corrected chi connectivity index (χ0v) is 6.02. The van der Waals surface area contributed by atoms with Crippen molar-refractivity contribution in [2.75, 3.05) is 6.79 Å². The van der Waals surface area contributed by atoms with Gasteiger partial charge in [0.25, 0.3) is 0 Å². The van der Waals surface area contributed by atoms with E-state index in [1.807, 2.05) is 6.92 Å². The van der Waals surface area contributed by atoms with Crippen molar-refractivity contribution < 1.29 is 9.47 Å². The zero-order chi connectivity index (χ0) is 7.56. The summed E-state index contributed by atoms with van der Waals surface area (Å²) in [5.41, 5.74) is 0.868. The van der Waals surface area contributed by atoms with Gasteiger partial charge in [0.15, 0.2) is 11.5 Å². The van der Waals surface area contributed by atoms with Crippen LogP contribution in [0, 0.1) is 0 Å². The average Bonchev–Trinajstić information content (AvgIpc) is 2.33. The second-order valence-electron chi connectivity index (χ2n) is 2.08. The third kappa shape index (κ3) is 1.05. The lowest BCUT2D eigenvalue weighted by molar-refractivity contribution is 0.0767. The quantitative estimate of drug-likeness (QED) is 0.580. The van der Waals surface area contributed by atoms with Crippen LogP contribution in [0.3, 0.4) is 0 Å². The van der Waals surface area contributed by atoms with Crippen molar-refractivity contribution in [2.24, 2.45) is 0 Å². The van der Waals surface area contributed by atoms with Crippen molar-refractivity contribution in [1.29, 1.82) is 0 Å². The van der Waals surface area contributed by atoms with Crippen LogP contribution in [0.25, 0.3) is 0 Å². The molecule has 0 aromatic rings. The van der Waals surface area contributed by atoms with Crippen LogP contribution in [-0.2, 0) is 9.47 Å². The van der Waals surface area contributed by atoms with Crippen LogP contribution in [-0.4, -0.2) is 6.79 Å². The van der Waals surface area contributed by atoms with Crippen LogP contribution in [0.2, 0.25) is 0 Å². The minimum absolute atomic E-state index is 0.281. The molecule has 0 amide bonds. The summed E-state index contributed by atoms with van der Waals surface area (Å²) in [5, 5.41) is 0. The van der Waals surface area contributed by atoms with Gasteiger partial charge in [-0.3, -0.25) is 0 Å². The van der Waals surface area contributed by atoms with Crippen molar-refractivity contribution >= 4 is 0 Å². The largest absolute Gasteiger partial charge is 0.454 e. The Hall–Kier alpha value is -1.18. The molecule has 2 heteroatoms. The smallest absolute Gasteiger partial charge is 0.231 e. The molecule has 0 unspecified atom stereocenters. The summed E-state index contributed by atoms with van der Waals surface area (Å²) < 4.78 is 10.2. The first-order chi connectivity index (χ1) is 4.75. The van der Waals surface area contributed by atoms with E-state index >= 15 is 0 Å². The van der Waals surface area contributed by atoms with Gasteiger partial charge in [-0.25, -0.2) is 0 Å². The number of hydrogen-bond donors (Lipinski definition) is 0. The van der Waals surface area contributed by atoms with Crippen LogP contribution in [0.5, 0.6) is 0 Å². The van der Waals surface area contributed by atoms with E-state index in [2.05, 4.69) is 13.2 Å². The molecule has 1 aliphatic heterocycles. The summed E-state index contributed by atoms with van der Waals surface area (Å²) in [6.45, 7) is 9.45. The molecule has 1 rings (SSSR count). The van der Waals surface area contributed by atoms with Gasteiger partial charge in [-0.05, 0) is 18.6 Å². The van der Waals surface area contributed by atoms with E-state index < -0.39 is 0 Å². The van der Waals surface area contributed by atoms with Gasteiger partial charge in [0.1, 0.15) is 0 Å². The Bertz CT molecular complexity index is 201. The van der Waals surface area contributed by atoms with E-state index in [0.29, 0.717) is 5.76 Å². The predicted molar refractivity (Wildman–Crippen MR) is 39.1 cm³/mol. The van der Waals surface area contributed by atoms with Gasteiger partial charge >= 0.3 is 0 Å². The first-order valence-electron chi connectivity index (χ1n) is 3.04. The number of ether oxygens (including phenoxy) is 2. The van der Waals surface area contributed by atoms with Gasteiger partial charge in [0.2, 0.25) is 6.79 Å². The molecule has 0 aromatic carbocycles. The van der Waals surface area contributed by atoms with Crippen LogP contribution < -0.4 is 0 Å². The van der Waals surface area contributed by atoms with E-state index in [1.165, 1.54) is 0 Å². The summed E-state index contributed by atoms with van der Waals surface area (Å²) in [6, 6.07) is 0. The van der Waals surface area contributed by atoms with Crippen molar-refractivity contribution in [2.45, 2.75) is 6.92 Å². The lowest BCUT2D eigenvalue weighted by Gasteiger charge is -1.96. The van der Waals surface area contributed by atoms with Crippen molar-refractivity contribution in [3.63, 3.8) is 0 Å². The fourth-order valence-corrected chi connectivity index (χ4v) is 0.774. The molecule has 0 fully saturated rings. The van der Waals surface area contributed by atoms with Crippen molar-refractivity contribution in [3.8, 4) is 0 Å². The molecule has 0 saturated heterocycles. The lowest BCUT2D eigenvalue weighted by atomic mass is 10.2. The van der Waals surface area contributed by atoms with E-state index in [1.54, 1.807) is 6.08 Å². The zero-order valence-electron chi connectivity index (χ0n) is 6.02. The van der Waals surface area contributed by atoms with E-state index in [9.17, 15) is 0 Å². The van der Waals surface area contributed by atoms with Crippen LogP contribution in [0.15, 0.2) is 36.3 Å². The molecule has 0 aliphatic carbocycles. The highest BCUT2D eigenvalue weighted by molar-refractivity contribution is 5.30. The Morgan fingerprint density at radius 3 is 2.70 bits per heavy atom. The van der Waals surface area contributed by atoms with Gasteiger partial charge in [-0.15, -0.1) is 0 Å². The van der Waals surface area contributed by atoms with Gasteiger partial charge in [-0.2, -0.15) is 0 Å². The second kappa shape index (κ2) is 2.60. The standard InChI is InChI=1S/C8H10O2/c1-4-7-8(6(2)3)10-5-9-7/h4H,1-2,5H2,3H3. The molecule has 0 bridgehead atoms. The topological polar surface area (TPSA) is 18.5 Å². The van der Waals surface area contributed by atoms with Gasteiger partial charge in [0, 0.05) is 0 Å². The fourth-order valence-electron chi connectivity index (χ4n) is 0.774. The monoisotopic (exact) mass is 138 g/mol. The maximum atomic E-state index is 5.10.